The summed E-state index contributed by atoms with van der Waals surface area (Å²) < 4.78 is 22.6. The standard InChI is InChI=1S/C9H17NO4S/c1-7-5-6-13-15(12)10(7)8(11)14-9(2,3)4/h7H,5-6H2,1-4H3/t7-,15?/m1/s1. The van der Waals surface area contributed by atoms with E-state index in [4.69, 9.17) is 8.92 Å². The minimum absolute atomic E-state index is 0.116. The van der Waals surface area contributed by atoms with Crippen molar-refractivity contribution in [3.63, 3.8) is 0 Å². The zero-order valence-electron chi connectivity index (χ0n) is 9.48. The summed E-state index contributed by atoms with van der Waals surface area (Å²) in [6.07, 6.45) is 0.0818. The molecule has 1 amide bonds. The van der Waals surface area contributed by atoms with E-state index in [1.54, 1.807) is 20.8 Å². The Labute approximate surface area is 92.5 Å². The highest BCUT2D eigenvalue weighted by molar-refractivity contribution is 7.78. The highest BCUT2D eigenvalue weighted by Crippen LogP contribution is 2.19. The van der Waals surface area contributed by atoms with Crippen molar-refractivity contribution in [1.82, 2.24) is 4.31 Å². The fourth-order valence-electron chi connectivity index (χ4n) is 1.16. The lowest BCUT2D eigenvalue weighted by atomic mass is 10.2. The van der Waals surface area contributed by atoms with Gasteiger partial charge in [0, 0.05) is 0 Å². The first-order valence-corrected chi connectivity index (χ1v) is 5.92. The molecule has 1 aliphatic heterocycles. The zero-order chi connectivity index (χ0) is 11.6. The van der Waals surface area contributed by atoms with Crippen LogP contribution in [0, 0.1) is 0 Å². The lowest BCUT2D eigenvalue weighted by Gasteiger charge is -2.32. The highest BCUT2D eigenvalue weighted by Gasteiger charge is 2.34. The quantitative estimate of drug-likeness (QED) is 0.640. The third-order valence-electron chi connectivity index (χ3n) is 1.85. The Bertz CT molecular complexity index is 274. The first-order valence-electron chi connectivity index (χ1n) is 4.88. The summed E-state index contributed by atoms with van der Waals surface area (Å²) in [7, 11) is 0. The number of nitrogens with zero attached hydrogens (tertiary/aromatic N) is 1. The predicted octanol–water partition coefficient (Wildman–Crippen LogP) is 1.61. The molecule has 1 saturated heterocycles. The molecule has 15 heavy (non-hydrogen) atoms. The predicted molar refractivity (Wildman–Crippen MR) is 56.2 cm³/mol. The molecule has 0 bridgehead atoms. The molecule has 0 aromatic carbocycles. The van der Waals surface area contributed by atoms with Crippen LogP contribution in [0.2, 0.25) is 0 Å². The van der Waals surface area contributed by atoms with Crippen molar-refractivity contribution < 1.29 is 17.9 Å². The van der Waals surface area contributed by atoms with Gasteiger partial charge in [-0.05, 0) is 34.1 Å². The molecule has 6 heteroatoms. The van der Waals surface area contributed by atoms with Gasteiger partial charge in [-0.1, -0.05) is 0 Å². The van der Waals surface area contributed by atoms with E-state index in [9.17, 15) is 9.00 Å². The second kappa shape index (κ2) is 4.49. The maximum Gasteiger partial charge on any atom is 0.424 e. The van der Waals surface area contributed by atoms with Gasteiger partial charge in [-0.15, -0.1) is 0 Å². The van der Waals surface area contributed by atoms with Gasteiger partial charge in [-0.25, -0.2) is 13.3 Å². The molecule has 0 aromatic rings. The van der Waals surface area contributed by atoms with Gasteiger partial charge in [0.05, 0.1) is 12.6 Å². The van der Waals surface area contributed by atoms with Crippen molar-refractivity contribution in [2.45, 2.75) is 45.8 Å². The van der Waals surface area contributed by atoms with Crippen molar-refractivity contribution in [3.05, 3.63) is 0 Å². The third kappa shape index (κ3) is 3.46. The van der Waals surface area contributed by atoms with E-state index < -0.39 is 23.0 Å². The molecule has 88 valence electrons. The van der Waals surface area contributed by atoms with E-state index in [0.29, 0.717) is 13.0 Å². The Morgan fingerprint density at radius 3 is 2.60 bits per heavy atom. The number of amides is 1. The number of ether oxygens (including phenoxy) is 1. The van der Waals surface area contributed by atoms with Crippen LogP contribution in [0.15, 0.2) is 0 Å². The topological polar surface area (TPSA) is 55.8 Å². The summed E-state index contributed by atoms with van der Waals surface area (Å²) in [5.41, 5.74) is -0.585. The van der Waals surface area contributed by atoms with Crippen molar-refractivity contribution in [2.24, 2.45) is 0 Å². The Hall–Kier alpha value is -0.620. The maximum atomic E-state index is 11.7. The molecule has 0 N–H and O–H groups in total. The average molecular weight is 235 g/mol. The van der Waals surface area contributed by atoms with Crippen LogP contribution < -0.4 is 0 Å². The fourth-order valence-corrected chi connectivity index (χ4v) is 2.07. The average Bonchev–Trinajstić information content (AvgIpc) is 1.99. The third-order valence-corrected chi connectivity index (χ3v) is 3.05. The molecule has 1 heterocycles. The van der Waals surface area contributed by atoms with Crippen LogP contribution in [-0.2, 0) is 20.2 Å². The molecule has 2 atom stereocenters. The van der Waals surface area contributed by atoms with Gasteiger partial charge in [-0.3, -0.25) is 4.18 Å². The molecule has 1 fully saturated rings. The Morgan fingerprint density at radius 1 is 1.53 bits per heavy atom. The van der Waals surface area contributed by atoms with Crippen LogP contribution in [0.5, 0.6) is 0 Å². The minimum atomic E-state index is -1.71. The smallest absolute Gasteiger partial charge is 0.424 e. The molecule has 5 nitrogen and oxygen atoms in total. The van der Waals surface area contributed by atoms with Gasteiger partial charge in [0.25, 0.3) is 11.3 Å². The lowest BCUT2D eigenvalue weighted by Crippen LogP contribution is -2.46. The zero-order valence-corrected chi connectivity index (χ0v) is 10.3. The molecule has 0 radical (unpaired) electrons. The van der Waals surface area contributed by atoms with Crippen molar-refractivity contribution in [2.75, 3.05) is 6.61 Å². The molecule has 1 unspecified atom stereocenters. The largest absolute Gasteiger partial charge is 0.443 e. The van der Waals surface area contributed by atoms with E-state index in [1.165, 1.54) is 0 Å². The molecular weight excluding hydrogens is 218 g/mol. The van der Waals surface area contributed by atoms with Crippen LogP contribution in [0.4, 0.5) is 4.79 Å². The lowest BCUT2D eigenvalue weighted by molar-refractivity contribution is 0.0294. The van der Waals surface area contributed by atoms with Gasteiger partial charge < -0.3 is 4.74 Å². The van der Waals surface area contributed by atoms with Gasteiger partial charge in [0.15, 0.2) is 0 Å². The second-order valence-electron chi connectivity index (χ2n) is 4.48. The first-order chi connectivity index (χ1) is 6.81. The van der Waals surface area contributed by atoms with E-state index in [-0.39, 0.29) is 6.04 Å². The van der Waals surface area contributed by atoms with Crippen LogP contribution >= 0.6 is 0 Å². The number of carbonyl (C=O) groups is 1. The molecular formula is C9H17NO4S. The maximum absolute atomic E-state index is 11.7. The van der Waals surface area contributed by atoms with Gasteiger partial charge in [0.2, 0.25) is 0 Å². The molecule has 1 rings (SSSR count). The monoisotopic (exact) mass is 235 g/mol. The second-order valence-corrected chi connectivity index (χ2v) is 5.55. The van der Waals surface area contributed by atoms with E-state index >= 15 is 0 Å². The number of hydrogen-bond donors (Lipinski definition) is 0. The van der Waals surface area contributed by atoms with E-state index in [0.717, 1.165) is 4.31 Å². The summed E-state index contributed by atoms with van der Waals surface area (Å²) in [5, 5.41) is 0. The summed E-state index contributed by atoms with van der Waals surface area (Å²) in [6.45, 7) is 7.54. The Kier molecular flexibility index (Phi) is 3.72. The molecule has 0 aliphatic carbocycles. The summed E-state index contributed by atoms with van der Waals surface area (Å²) in [5.74, 6) is 0. The summed E-state index contributed by atoms with van der Waals surface area (Å²) in [4.78, 5) is 11.7. The van der Waals surface area contributed by atoms with Crippen LogP contribution in [0.25, 0.3) is 0 Å². The summed E-state index contributed by atoms with van der Waals surface area (Å²) >= 11 is -1.71. The molecule has 0 saturated carbocycles. The first kappa shape index (κ1) is 12.4. The van der Waals surface area contributed by atoms with Crippen molar-refractivity contribution in [1.29, 1.82) is 0 Å². The number of rotatable bonds is 0. The Morgan fingerprint density at radius 2 is 2.13 bits per heavy atom. The fraction of sp³-hybridized carbons (Fsp3) is 0.889. The van der Waals surface area contributed by atoms with Gasteiger partial charge >= 0.3 is 6.09 Å². The highest BCUT2D eigenvalue weighted by atomic mass is 32.2. The van der Waals surface area contributed by atoms with E-state index in [1.807, 2.05) is 6.92 Å². The molecule has 1 aliphatic rings. The molecule has 0 aromatic heterocycles. The normalized spacial score (nSPS) is 27.6. The minimum Gasteiger partial charge on any atom is -0.443 e. The van der Waals surface area contributed by atoms with E-state index in [2.05, 4.69) is 0 Å². The number of hydrogen-bond acceptors (Lipinski definition) is 4. The van der Waals surface area contributed by atoms with Crippen LogP contribution in [0.3, 0.4) is 0 Å². The Balaban J connectivity index is 2.68. The van der Waals surface area contributed by atoms with Crippen molar-refractivity contribution in [3.8, 4) is 0 Å². The van der Waals surface area contributed by atoms with Gasteiger partial charge in [-0.2, -0.15) is 0 Å². The van der Waals surface area contributed by atoms with Crippen LogP contribution in [0.1, 0.15) is 34.1 Å². The van der Waals surface area contributed by atoms with Crippen molar-refractivity contribution >= 4 is 17.4 Å². The SMILES string of the molecule is C[C@@H]1CCOS(=O)N1C(=O)OC(C)(C)C. The van der Waals surface area contributed by atoms with Crippen LogP contribution in [-0.4, -0.2) is 32.9 Å². The number of carbonyl (C=O) groups excluding carboxylic acids is 1. The molecule has 0 spiro atoms. The van der Waals surface area contributed by atoms with Gasteiger partial charge in [0.1, 0.15) is 5.60 Å². The summed E-state index contributed by atoms with van der Waals surface area (Å²) in [6, 6.07) is -0.116.